The maximum Gasteiger partial charge on any atom is 0.242 e. The minimum absolute atomic E-state index is 0.175. The highest BCUT2D eigenvalue weighted by atomic mass is 35.5. The van der Waals surface area contributed by atoms with Gasteiger partial charge in [-0.15, -0.1) is 5.11 Å². The molecule has 1 atom stereocenters. The van der Waals surface area contributed by atoms with Crippen LogP contribution in [0.3, 0.4) is 0 Å². The van der Waals surface area contributed by atoms with Crippen molar-refractivity contribution in [1.82, 2.24) is 0 Å². The van der Waals surface area contributed by atoms with Gasteiger partial charge in [-0.1, -0.05) is 53.5 Å². The maximum atomic E-state index is 12.7. The lowest BCUT2D eigenvalue weighted by atomic mass is 10.0. The van der Waals surface area contributed by atoms with Crippen molar-refractivity contribution >= 4 is 29.0 Å². The molecule has 0 aromatic heterocycles. The van der Waals surface area contributed by atoms with Crippen LogP contribution in [0.2, 0.25) is 10.0 Å². The van der Waals surface area contributed by atoms with Gasteiger partial charge in [0.2, 0.25) is 5.88 Å². The number of hydrogen-bond acceptors (Lipinski definition) is 4. The summed E-state index contributed by atoms with van der Waals surface area (Å²) < 4.78 is 5.85. The van der Waals surface area contributed by atoms with E-state index in [1.807, 2.05) is 37.3 Å². The maximum absolute atomic E-state index is 12.7. The molecule has 0 aliphatic carbocycles. The Bertz CT molecular complexity index is 832. The van der Waals surface area contributed by atoms with E-state index in [0.29, 0.717) is 21.2 Å². The van der Waals surface area contributed by atoms with E-state index in [1.165, 1.54) is 6.07 Å². The molecule has 0 radical (unpaired) electrons. The Balaban J connectivity index is 1.86. The third-order valence-electron chi connectivity index (χ3n) is 3.66. The van der Waals surface area contributed by atoms with Gasteiger partial charge in [-0.3, -0.25) is 4.79 Å². The predicted octanol–water partition coefficient (Wildman–Crippen LogP) is 5.63. The topological polar surface area (TPSA) is 51.0 Å². The van der Waals surface area contributed by atoms with Crippen molar-refractivity contribution in [2.75, 3.05) is 6.54 Å². The van der Waals surface area contributed by atoms with Crippen molar-refractivity contribution in [2.45, 2.75) is 13.0 Å². The number of benzene rings is 2. The van der Waals surface area contributed by atoms with Crippen LogP contribution in [0.1, 0.15) is 28.9 Å². The van der Waals surface area contributed by atoms with Gasteiger partial charge in [0.15, 0.2) is 5.78 Å². The summed E-state index contributed by atoms with van der Waals surface area (Å²) >= 11 is 12.0. The summed E-state index contributed by atoms with van der Waals surface area (Å²) in [4.78, 5) is 12.7. The van der Waals surface area contributed by atoms with E-state index < -0.39 is 0 Å². The molecule has 122 valence electrons. The summed E-state index contributed by atoms with van der Waals surface area (Å²) in [6.45, 7) is 2.07. The number of rotatable bonds is 5. The Morgan fingerprint density at radius 3 is 2.62 bits per heavy atom. The molecular weight excluding hydrogens is 347 g/mol. The minimum atomic E-state index is -0.253. The van der Waals surface area contributed by atoms with Crippen molar-refractivity contribution in [3.63, 3.8) is 0 Å². The van der Waals surface area contributed by atoms with Crippen molar-refractivity contribution in [3.8, 4) is 0 Å². The molecule has 0 saturated carbocycles. The second-order valence-corrected chi connectivity index (χ2v) is 6.15. The Labute approximate surface area is 149 Å². The van der Waals surface area contributed by atoms with Crippen molar-refractivity contribution in [1.29, 1.82) is 0 Å². The quantitative estimate of drug-likeness (QED) is 0.648. The number of halogens is 2. The lowest BCUT2D eigenvalue weighted by Gasteiger charge is -2.15. The molecule has 4 nitrogen and oxygen atoms in total. The SMILES string of the molecule is CC(OC1=C(C(=O)c2ccc(Cl)cc2Cl)CN=N1)c1ccccc1. The molecule has 1 unspecified atom stereocenters. The molecule has 0 spiro atoms. The van der Waals surface area contributed by atoms with Crippen LogP contribution in [-0.2, 0) is 4.74 Å². The molecule has 0 amide bonds. The Kier molecular flexibility index (Phi) is 4.97. The highest BCUT2D eigenvalue weighted by Gasteiger charge is 2.25. The van der Waals surface area contributed by atoms with Crippen LogP contribution in [0.4, 0.5) is 0 Å². The fourth-order valence-corrected chi connectivity index (χ4v) is 2.85. The predicted molar refractivity (Wildman–Crippen MR) is 93.5 cm³/mol. The molecule has 1 heterocycles. The van der Waals surface area contributed by atoms with Crippen molar-refractivity contribution < 1.29 is 9.53 Å². The smallest absolute Gasteiger partial charge is 0.242 e. The Hall–Kier alpha value is -2.17. The van der Waals surface area contributed by atoms with Gasteiger partial charge in [-0.05, 0) is 30.7 Å². The molecule has 0 N–H and O–H groups in total. The van der Waals surface area contributed by atoms with Crippen molar-refractivity contribution in [2.24, 2.45) is 10.2 Å². The fraction of sp³-hybridized carbons (Fsp3) is 0.167. The molecule has 0 saturated heterocycles. The van der Waals surface area contributed by atoms with Gasteiger partial charge in [-0.25, -0.2) is 0 Å². The van der Waals surface area contributed by atoms with Crippen molar-refractivity contribution in [3.05, 3.63) is 81.2 Å². The van der Waals surface area contributed by atoms with E-state index >= 15 is 0 Å². The van der Waals surface area contributed by atoms with E-state index in [2.05, 4.69) is 10.2 Å². The largest absolute Gasteiger partial charge is 0.468 e. The summed E-state index contributed by atoms with van der Waals surface area (Å²) in [7, 11) is 0. The van der Waals surface area contributed by atoms with Crippen LogP contribution in [0, 0.1) is 0 Å². The van der Waals surface area contributed by atoms with Gasteiger partial charge in [0, 0.05) is 10.6 Å². The number of ether oxygens (including phenoxy) is 1. The molecule has 2 aromatic carbocycles. The highest BCUT2D eigenvalue weighted by molar-refractivity contribution is 6.37. The molecule has 1 aliphatic heterocycles. The first-order valence-corrected chi connectivity index (χ1v) is 8.14. The average molecular weight is 361 g/mol. The molecule has 0 fully saturated rings. The van der Waals surface area contributed by atoms with Gasteiger partial charge >= 0.3 is 0 Å². The molecule has 1 aliphatic rings. The number of nitrogens with zero attached hydrogens (tertiary/aromatic N) is 2. The lowest BCUT2D eigenvalue weighted by Crippen LogP contribution is -2.09. The number of ketones is 1. The van der Waals surface area contributed by atoms with Gasteiger partial charge in [0.05, 0.1) is 17.1 Å². The van der Waals surface area contributed by atoms with E-state index in [4.69, 9.17) is 27.9 Å². The molecule has 2 aromatic rings. The molecular formula is C18H14Cl2N2O2. The lowest BCUT2D eigenvalue weighted by molar-refractivity contribution is 0.0998. The number of carbonyl (C=O) groups is 1. The molecule has 0 bridgehead atoms. The summed E-state index contributed by atoms with van der Waals surface area (Å²) in [5.41, 5.74) is 1.74. The fourth-order valence-electron chi connectivity index (χ4n) is 2.36. The van der Waals surface area contributed by atoms with Gasteiger partial charge in [-0.2, -0.15) is 5.11 Å². The van der Waals surface area contributed by atoms with E-state index in [-0.39, 0.29) is 24.3 Å². The van der Waals surface area contributed by atoms with E-state index in [9.17, 15) is 4.79 Å². The first-order chi connectivity index (χ1) is 11.6. The van der Waals surface area contributed by atoms with Crippen LogP contribution in [0.5, 0.6) is 0 Å². The van der Waals surface area contributed by atoms with Crippen LogP contribution in [0.25, 0.3) is 0 Å². The third kappa shape index (κ3) is 3.50. The zero-order chi connectivity index (χ0) is 17.1. The normalized spacial score (nSPS) is 14.8. The van der Waals surface area contributed by atoms with E-state index in [0.717, 1.165) is 5.56 Å². The first-order valence-electron chi connectivity index (χ1n) is 7.38. The van der Waals surface area contributed by atoms with Gasteiger partial charge < -0.3 is 4.74 Å². The highest BCUT2D eigenvalue weighted by Crippen LogP contribution is 2.29. The zero-order valence-electron chi connectivity index (χ0n) is 12.9. The van der Waals surface area contributed by atoms with Crippen LogP contribution < -0.4 is 0 Å². The number of hydrogen-bond donors (Lipinski definition) is 0. The zero-order valence-corrected chi connectivity index (χ0v) is 14.4. The van der Waals surface area contributed by atoms with Crippen LogP contribution in [0.15, 0.2) is 70.2 Å². The van der Waals surface area contributed by atoms with Crippen LogP contribution in [-0.4, -0.2) is 12.3 Å². The number of Topliss-reactive ketones (excluding diaryl/α,β-unsaturated/α-hetero) is 1. The number of carbonyl (C=O) groups excluding carboxylic acids is 1. The summed E-state index contributed by atoms with van der Waals surface area (Å²) in [6.07, 6.45) is -0.248. The second-order valence-electron chi connectivity index (χ2n) is 5.31. The van der Waals surface area contributed by atoms with Crippen LogP contribution >= 0.6 is 23.2 Å². The average Bonchev–Trinajstić information content (AvgIpc) is 3.03. The minimum Gasteiger partial charge on any atom is -0.468 e. The monoisotopic (exact) mass is 360 g/mol. The summed E-state index contributed by atoms with van der Waals surface area (Å²) in [5.74, 6) is -0.0145. The van der Waals surface area contributed by atoms with E-state index in [1.54, 1.807) is 12.1 Å². The second kappa shape index (κ2) is 7.16. The standard InChI is InChI=1S/C18H14Cl2N2O2/c1-11(12-5-3-2-4-6-12)24-18-15(10-21-22-18)17(23)14-8-7-13(19)9-16(14)20/h2-9,11H,10H2,1H3. The van der Waals surface area contributed by atoms with Gasteiger partial charge in [0.25, 0.3) is 0 Å². The molecule has 3 rings (SSSR count). The summed E-state index contributed by atoms with van der Waals surface area (Å²) in [5, 5.41) is 8.66. The Morgan fingerprint density at radius 1 is 1.17 bits per heavy atom. The third-order valence-corrected chi connectivity index (χ3v) is 4.20. The molecule has 24 heavy (non-hydrogen) atoms. The first kappa shape index (κ1) is 16.7. The Morgan fingerprint density at radius 2 is 1.92 bits per heavy atom. The van der Waals surface area contributed by atoms with Gasteiger partial charge in [0.1, 0.15) is 6.10 Å². The number of azo groups is 1. The summed E-state index contributed by atoms with van der Waals surface area (Å²) in [6, 6.07) is 14.5. The molecule has 6 heteroatoms.